The van der Waals surface area contributed by atoms with Gasteiger partial charge in [-0.05, 0) is 37.1 Å². The number of fused-ring (bicyclic) bond motifs is 1. The Morgan fingerprint density at radius 3 is 2.67 bits per heavy atom. The summed E-state index contributed by atoms with van der Waals surface area (Å²) in [5.74, 6) is -0.390. The Morgan fingerprint density at radius 1 is 1.05 bits per heavy atom. The molecule has 0 saturated carbocycles. The fourth-order valence-electron chi connectivity index (χ4n) is 2.33. The van der Waals surface area contributed by atoms with E-state index in [1.54, 1.807) is 6.07 Å². The van der Waals surface area contributed by atoms with E-state index in [0.29, 0.717) is 11.1 Å². The number of hydrogen-bond acceptors (Lipinski definition) is 4. The normalized spacial score (nSPS) is 13.7. The van der Waals surface area contributed by atoms with E-state index in [1.165, 1.54) is 18.5 Å². The van der Waals surface area contributed by atoms with Crippen molar-refractivity contribution >= 4 is 17.3 Å². The maximum atomic E-state index is 12.4. The molecule has 0 fully saturated rings. The van der Waals surface area contributed by atoms with E-state index in [-0.39, 0.29) is 17.3 Å². The molecule has 0 saturated heterocycles. The van der Waals surface area contributed by atoms with Crippen LogP contribution in [-0.2, 0) is 0 Å². The van der Waals surface area contributed by atoms with E-state index in [2.05, 4.69) is 10.3 Å². The summed E-state index contributed by atoms with van der Waals surface area (Å²) in [6, 6.07) is 7.37. The van der Waals surface area contributed by atoms with Crippen molar-refractivity contribution < 1.29 is 9.59 Å². The molecule has 0 aliphatic heterocycles. The summed E-state index contributed by atoms with van der Waals surface area (Å²) in [4.78, 5) is 28.5. The highest BCUT2D eigenvalue weighted by Gasteiger charge is 2.25. The number of nitrogens with zero attached hydrogens (tertiary/aromatic N) is 1. The van der Waals surface area contributed by atoms with Gasteiger partial charge in [0, 0.05) is 29.7 Å². The molecule has 0 unspecified atom stereocenters. The number of pyridine rings is 1. The fraction of sp³-hybridized carbons (Fsp3) is 0.118. The van der Waals surface area contributed by atoms with Crippen LogP contribution in [0.25, 0.3) is 0 Å². The maximum Gasteiger partial charge on any atom is 0.211 e. The van der Waals surface area contributed by atoms with Crippen LogP contribution in [0.5, 0.6) is 0 Å². The van der Waals surface area contributed by atoms with E-state index in [1.807, 2.05) is 32.0 Å². The van der Waals surface area contributed by atoms with Crippen LogP contribution in [0.3, 0.4) is 0 Å². The highest BCUT2D eigenvalue weighted by Crippen LogP contribution is 2.24. The van der Waals surface area contributed by atoms with E-state index in [4.69, 9.17) is 0 Å². The van der Waals surface area contributed by atoms with Crippen LogP contribution in [0, 0.1) is 13.8 Å². The van der Waals surface area contributed by atoms with Crippen LogP contribution >= 0.6 is 0 Å². The molecule has 4 nitrogen and oxygen atoms in total. The van der Waals surface area contributed by atoms with Crippen molar-refractivity contribution in [3.8, 4) is 0 Å². The van der Waals surface area contributed by atoms with Gasteiger partial charge in [0.1, 0.15) is 0 Å². The first-order chi connectivity index (χ1) is 10.1. The number of carbonyl (C=O) groups excluding carboxylic acids is 2. The summed E-state index contributed by atoms with van der Waals surface area (Å²) < 4.78 is 0. The van der Waals surface area contributed by atoms with Gasteiger partial charge in [-0.15, -0.1) is 0 Å². The number of anilines is 1. The van der Waals surface area contributed by atoms with Gasteiger partial charge in [0.25, 0.3) is 0 Å². The van der Waals surface area contributed by atoms with Crippen LogP contribution in [0.1, 0.15) is 31.8 Å². The molecule has 1 heterocycles. The molecule has 0 bridgehead atoms. The molecule has 1 aliphatic rings. The molecule has 1 aromatic heterocycles. The third-order valence-electron chi connectivity index (χ3n) is 3.73. The monoisotopic (exact) mass is 278 g/mol. The first-order valence-corrected chi connectivity index (χ1v) is 6.66. The Bertz CT molecular complexity index is 791. The third kappa shape index (κ3) is 2.25. The van der Waals surface area contributed by atoms with E-state index >= 15 is 0 Å². The van der Waals surface area contributed by atoms with E-state index < -0.39 is 0 Å². The second-order valence-corrected chi connectivity index (χ2v) is 5.05. The van der Waals surface area contributed by atoms with Gasteiger partial charge in [0.05, 0.1) is 11.3 Å². The number of Topliss-reactive ketones (excluding diaryl/α,β-unsaturated/α-hetero) is 1. The van der Waals surface area contributed by atoms with Crippen LogP contribution in [0.2, 0.25) is 0 Å². The first kappa shape index (κ1) is 13.2. The summed E-state index contributed by atoms with van der Waals surface area (Å²) in [5, 5.41) is 3.07. The molecular weight excluding hydrogens is 264 g/mol. The van der Waals surface area contributed by atoms with Crippen LogP contribution < -0.4 is 5.32 Å². The Hall–Kier alpha value is -2.75. The average molecular weight is 278 g/mol. The summed E-state index contributed by atoms with van der Waals surface area (Å²) in [6.07, 6.45) is 4.31. The predicted molar refractivity (Wildman–Crippen MR) is 80.5 cm³/mol. The highest BCUT2D eigenvalue weighted by molar-refractivity contribution is 6.25. The van der Waals surface area contributed by atoms with Gasteiger partial charge in [-0.2, -0.15) is 0 Å². The summed E-state index contributed by atoms with van der Waals surface area (Å²) >= 11 is 0. The molecule has 4 heteroatoms. The van der Waals surface area contributed by atoms with Gasteiger partial charge in [0.15, 0.2) is 5.78 Å². The molecule has 21 heavy (non-hydrogen) atoms. The number of aryl methyl sites for hydroxylation is 1. The molecule has 1 N–H and O–H groups in total. The van der Waals surface area contributed by atoms with Crippen LogP contribution in [0.15, 0.2) is 48.4 Å². The van der Waals surface area contributed by atoms with Crippen molar-refractivity contribution in [3.05, 3.63) is 70.7 Å². The number of aromatic nitrogens is 1. The minimum absolute atomic E-state index is 0.181. The third-order valence-corrected chi connectivity index (χ3v) is 3.73. The number of allylic oxidation sites excluding steroid dienone is 2. The zero-order chi connectivity index (χ0) is 15.0. The second-order valence-electron chi connectivity index (χ2n) is 5.05. The number of hydrogen-bond donors (Lipinski definition) is 1. The highest BCUT2D eigenvalue weighted by atomic mass is 16.1. The van der Waals surface area contributed by atoms with Gasteiger partial charge in [-0.3, -0.25) is 14.6 Å². The second kappa shape index (κ2) is 4.98. The lowest BCUT2D eigenvalue weighted by Crippen LogP contribution is -2.22. The maximum absolute atomic E-state index is 12.4. The molecule has 3 rings (SSSR count). The molecule has 0 atom stereocenters. The lowest BCUT2D eigenvalue weighted by molar-refractivity contribution is 0.0985. The number of ketones is 2. The largest absolute Gasteiger partial charge is 0.352 e. The van der Waals surface area contributed by atoms with Gasteiger partial charge in [-0.1, -0.05) is 12.1 Å². The van der Waals surface area contributed by atoms with Crippen molar-refractivity contribution in [1.29, 1.82) is 0 Å². The lowest BCUT2D eigenvalue weighted by Gasteiger charge is -2.17. The quantitative estimate of drug-likeness (QED) is 0.917. The molecule has 1 aromatic carbocycles. The van der Waals surface area contributed by atoms with Crippen molar-refractivity contribution in [3.63, 3.8) is 0 Å². The Morgan fingerprint density at radius 2 is 1.86 bits per heavy atom. The van der Waals surface area contributed by atoms with Crippen molar-refractivity contribution in [2.45, 2.75) is 13.8 Å². The standard InChI is InChI=1S/C17H14N2O2/c1-10-4-3-5-14(11(10)2)19-15-8-16(20)12-6-7-18-9-13(12)17(15)21/h3-9,19H,1-2H3. The predicted octanol–water partition coefficient (Wildman–Crippen LogP) is 3.07. The summed E-state index contributed by atoms with van der Waals surface area (Å²) in [7, 11) is 0. The number of nitrogens with one attached hydrogen (secondary N) is 1. The zero-order valence-electron chi connectivity index (χ0n) is 11.8. The molecule has 1 aliphatic carbocycles. The summed E-state index contributed by atoms with van der Waals surface area (Å²) in [6.45, 7) is 3.98. The topological polar surface area (TPSA) is 59.1 Å². The summed E-state index contributed by atoms with van der Waals surface area (Å²) in [5.41, 5.74) is 4.04. The van der Waals surface area contributed by atoms with Crippen LogP contribution in [-0.4, -0.2) is 16.6 Å². The minimum atomic E-state index is -0.210. The van der Waals surface area contributed by atoms with Gasteiger partial charge >= 0.3 is 0 Å². The van der Waals surface area contributed by atoms with Crippen molar-refractivity contribution in [2.75, 3.05) is 5.32 Å². The smallest absolute Gasteiger partial charge is 0.211 e. The zero-order valence-corrected chi connectivity index (χ0v) is 11.8. The fourth-order valence-corrected chi connectivity index (χ4v) is 2.33. The van der Waals surface area contributed by atoms with Gasteiger partial charge in [0.2, 0.25) is 5.78 Å². The Labute approximate surface area is 122 Å². The van der Waals surface area contributed by atoms with Crippen molar-refractivity contribution in [2.24, 2.45) is 0 Å². The number of rotatable bonds is 2. The Kier molecular flexibility index (Phi) is 3.14. The average Bonchev–Trinajstić information content (AvgIpc) is 2.49. The molecule has 0 amide bonds. The van der Waals surface area contributed by atoms with E-state index in [0.717, 1.165) is 16.8 Å². The number of benzene rings is 1. The minimum Gasteiger partial charge on any atom is -0.352 e. The molecular formula is C17H14N2O2. The Balaban J connectivity index is 2.00. The lowest BCUT2D eigenvalue weighted by atomic mass is 9.94. The molecule has 0 spiro atoms. The van der Waals surface area contributed by atoms with E-state index in [9.17, 15) is 9.59 Å². The van der Waals surface area contributed by atoms with Crippen LogP contribution in [0.4, 0.5) is 5.69 Å². The van der Waals surface area contributed by atoms with Crippen molar-refractivity contribution in [1.82, 2.24) is 4.98 Å². The van der Waals surface area contributed by atoms with Gasteiger partial charge < -0.3 is 5.32 Å². The molecule has 0 radical (unpaired) electrons. The molecule has 2 aromatic rings. The molecule has 104 valence electrons. The first-order valence-electron chi connectivity index (χ1n) is 6.66. The SMILES string of the molecule is Cc1cccc(NC2=CC(=O)c3ccncc3C2=O)c1C. The van der Waals surface area contributed by atoms with Gasteiger partial charge in [-0.25, -0.2) is 0 Å². The number of carbonyl (C=O) groups is 2.